The van der Waals surface area contributed by atoms with Crippen molar-refractivity contribution in [3.05, 3.63) is 12.2 Å². The Morgan fingerprint density at radius 1 is 1.14 bits per heavy atom. The van der Waals surface area contributed by atoms with Gasteiger partial charge in [0.1, 0.15) is 17.3 Å². The summed E-state index contributed by atoms with van der Waals surface area (Å²) in [6.07, 6.45) is -0.232. The highest BCUT2D eigenvalue weighted by atomic mass is 16.7. The van der Waals surface area contributed by atoms with Crippen LogP contribution >= 0.6 is 0 Å². The molecule has 0 aromatic rings. The Morgan fingerprint density at radius 2 is 1.82 bits per heavy atom. The minimum atomic E-state index is -2.11. The maximum absolute atomic E-state index is 13.2. The quantitative estimate of drug-likeness (QED) is 0.486. The summed E-state index contributed by atoms with van der Waals surface area (Å²) < 4.78 is 12.1. The molecule has 6 aliphatic rings. The smallest absolute Gasteiger partial charge is 0.208 e. The van der Waals surface area contributed by atoms with Crippen LogP contribution in [0.25, 0.3) is 0 Å². The molecular formula is C22H32O6. The first kappa shape index (κ1) is 19.2. The van der Waals surface area contributed by atoms with Gasteiger partial charge in [-0.05, 0) is 44.4 Å². The van der Waals surface area contributed by atoms with E-state index in [0.29, 0.717) is 12.8 Å². The molecule has 3 N–H and O–H groups in total. The van der Waals surface area contributed by atoms with Crippen molar-refractivity contribution in [2.24, 2.45) is 34.0 Å². The van der Waals surface area contributed by atoms with Crippen molar-refractivity contribution in [2.45, 2.75) is 77.2 Å². The van der Waals surface area contributed by atoms with E-state index in [-0.39, 0.29) is 47.8 Å². The minimum absolute atomic E-state index is 0.0898. The third-order valence-corrected chi connectivity index (χ3v) is 9.14. The fourth-order valence-electron chi connectivity index (χ4n) is 8.27. The molecule has 0 aromatic carbocycles. The molecular weight excluding hydrogens is 360 g/mol. The summed E-state index contributed by atoms with van der Waals surface area (Å²) in [5, 5.41) is 34.8. The lowest BCUT2D eigenvalue weighted by molar-refractivity contribution is -0.451. The van der Waals surface area contributed by atoms with Gasteiger partial charge in [-0.1, -0.05) is 26.0 Å². The van der Waals surface area contributed by atoms with E-state index in [9.17, 15) is 20.1 Å². The number of aliphatic hydroxyl groups is 3. The number of ether oxygens (including phenoxy) is 2. The van der Waals surface area contributed by atoms with Crippen LogP contribution in [0.5, 0.6) is 0 Å². The molecule has 3 saturated carbocycles. The fourth-order valence-corrected chi connectivity index (χ4v) is 8.27. The number of carbonyl (C=O) groups excluding carboxylic acids is 1. The maximum Gasteiger partial charge on any atom is 0.208 e. The van der Waals surface area contributed by atoms with Crippen LogP contribution in [0, 0.1) is 34.0 Å². The van der Waals surface area contributed by atoms with E-state index in [0.717, 1.165) is 12.0 Å². The number of Topliss-reactive ketones (excluding diaryl/α,β-unsaturated/α-hetero) is 1. The Kier molecular flexibility index (Phi) is 3.61. The highest BCUT2D eigenvalue weighted by Crippen LogP contribution is 2.76. The van der Waals surface area contributed by atoms with Crippen molar-refractivity contribution < 1.29 is 29.6 Å². The highest BCUT2D eigenvalue weighted by molar-refractivity contribution is 5.86. The van der Waals surface area contributed by atoms with E-state index in [1.165, 1.54) is 6.92 Å². The van der Waals surface area contributed by atoms with Gasteiger partial charge in [-0.2, -0.15) is 0 Å². The van der Waals surface area contributed by atoms with Gasteiger partial charge in [0.15, 0.2) is 0 Å². The van der Waals surface area contributed by atoms with E-state index in [4.69, 9.17) is 9.47 Å². The van der Waals surface area contributed by atoms with Crippen LogP contribution in [0.1, 0.15) is 47.0 Å². The summed E-state index contributed by atoms with van der Waals surface area (Å²) in [5.41, 5.74) is -1.64. The number of carbonyl (C=O) groups is 1. The predicted octanol–water partition coefficient (Wildman–Crippen LogP) is 1.42. The molecule has 6 nitrogen and oxygen atoms in total. The number of fused-ring (bicyclic) bond motifs is 2. The number of rotatable bonds is 2. The fraction of sp³-hybridized carbons (Fsp3) is 0.864. The second kappa shape index (κ2) is 5.27. The third-order valence-electron chi connectivity index (χ3n) is 9.14. The van der Waals surface area contributed by atoms with E-state index in [2.05, 4.69) is 20.4 Å². The lowest BCUT2D eigenvalue weighted by atomic mass is 9.34. The second-order valence-electron chi connectivity index (χ2n) is 10.8. The first-order valence-corrected chi connectivity index (χ1v) is 10.5. The van der Waals surface area contributed by atoms with Crippen molar-refractivity contribution >= 4 is 5.78 Å². The van der Waals surface area contributed by atoms with Gasteiger partial charge >= 0.3 is 0 Å². The zero-order valence-corrected chi connectivity index (χ0v) is 17.1. The van der Waals surface area contributed by atoms with Crippen LogP contribution in [0.4, 0.5) is 0 Å². The van der Waals surface area contributed by atoms with Gasteiger partial charge in [0.25, 0.3) is 0 Å². The molecule has 28 heavy (non-hydrogen) atoms. The molecule has 10 atom stereocenters. The van der Waals surface area contributed by atoms with Gasteiger partial charge in [0.05, 0.1) is 24.9 Å². The molecule has 1 spiro atoms. The minimum Gasteiger partial charge on any atom is -0.391 e. The van der Waals surface area contributed by atoms with E-state index >= 15 is 0 Å². The van der Waals surface area contributed by atoms with Gasteiger partial charge in [0.2, 0.25) is 5.79 Å². The molecule has 2 bridgehead atoms. The molecule has 6 heteroatoms. The number of ketones is 1. The second-order valence-corrected chi connectivity index (χ2v) is 10.8. The molecule has 0 unspecified atom stereocenters. The first-order chi connectivity index (χ1) is 13.0. The van der Waals surface area contributed by atoms with Crippen molar-refractivity contribution in [3.8, 4) is 0 Å². The van der Waals surface area contributed by atoms with Gasteiger partial charge in [-0.25, -0.2) is 0 Å². The number of hydrogen-bond acceptors (Lipinski definition) is 6. The average molecular weight is 392 g/mol. The van der Waals surface area contributed by atoms with E-state index in [1.54, 1.807) is 0 Å². The Hall–Kier alpha value is -0.790. The van der Waals surface area contributed by atoms with Gasteiger partial charge < -0.3 is 24.8 Å². The highest BCUT2D eigenvalue weighted by Gasteiger charge is 2.87. The lowest BCUT2D eigenvalue weighted by Crippen LogP contribution is -2.86. The Balaban J connectivity index is 1.77. The molecule has 156 valence electrons. The van der Waals surface area contributed by atoms with Gasteiger partial charge in [-0.15, -0.1) is 0 Å². The summed E-state index contributed by atoms with van der Waals surface area (Å²) in [6.45, 7) is 11.7. The Labute approximate surface area is 165 Å². The molecule has 3 saturated heterocycles. The largest absolute Gasteiger partial charge is 0.391 e. The van der Waals surface area contributed by atoms with E-state index < -0.39 is 28.8 Å². The molecule has 0 amide bonds. The zero-order chi connectivity index (χ0) is 20.4. The molecule has 0 radical (unpaired) electrons. The summed E-state index contributed by atoms with van der Waals surface area (Å²) in [6, 6.07) is 0. The molecule has 3 aliphatic carbocycles. The predicted molar refractivity (Wildman–Crippen MR) is 100 cm³/mol. The Bertz CT molecular complexity index is 762. The Morgan fingerprint density at radius 3 is 2.43 bits per heavy atom. The van der Waals surface area contributed by atoms with Crippen LogP contribution in [0.15, 0.2) is 12.2 Å². The maximum atomic E-state index is 13.2. The molecule has 3 heterocycles. The monoisotopic (exact) mass is 392 g/mol. The lowest BCUT2D eigenvalue weighted by Gasteiger charge is -2.74. The normalized spacial score (nSPS) is 58.3. The SMILES string of the molecule is C=C(C)[C@@H]1CC[C@H]2[C@@]34CO[C@@](O)([C@@H](O)[C@@H]3C(C)(C)C[C@H]3O[C@H]34)[C@@]2(C(C)=O)[C@@H]1O. The third kappa shape index (κ3) is 1.78. The number of epoxide rings is 1. The number of aliphatic hydroxyl groups excluding tert-OH is 2. The van der Waals surface area contributed by atoms with Crippen molar-refractivity contribution in [1.82, 2.24) is 0 Å². The standard InChI is InChI=1S/C22H32O6/c1-10(2)12-6-7-14-20-9-27-22(26,21(14,11(3)23)16(12)24)17(25)15(20)19(4,5)8-13-18(20)28-13/h12-18,24-26H,1,6-9H2,2-5H3/t12-,13+,14-,15+,16+,17-,18+,20-,21+,22-/m0/s1. The summed E-state index contributed by atoms with van der Waals surface area (Å²) in [5.74, 6) is -3.31. The average Bonchev–Trinajstić information content (AvgIpc) is 3.35. The molecule has 6 rings (SSSR count). The first-order valence-electron chi connectivity index (χ1n) is 10.5. The summed E-state index contributed by atoms with van der Waals surface area (Å²) in [4.78, 5) is 13.2. The summed E-state index contributed by atoms with van der Waals surface area (Å²) >= 11 is 0. The van der Waals surface area contributed by atoms with Crippen molar-refractivity contribution in [3.63, 3.8) is 0 Å². The van der Waals surface area contributed by atoms with Crippen LogP contribution in [-0.2, 0) is 14.3 Å². The van der Waals surface area contributed by atoms with Crippen molar-refractivity contribution in [2.75, 3.05) is 6.61 Å². The van der Waals surface area contributed by atoms with Crippen molar-refractivity contribution in [1.29, 1.82) is 0 Å². The zero-order valence-electron chi connectivity index (χ0n) is 17.1. The number of hydrogen-bond donors (Lipinski definition) is 3. The van der Waals surface area contributed by atoms with Crippen LogP contribution in [0.3, 0.4) is 0 Å². The van der Waals surface area contributed by atoms with Gasteiger partial charge in [-0.3, -0.25) is 4.79 Å². The molecule has 3 aliphatic heterocycles. The summed E-state index contributed by atoms with van der Waals surface area (Å²) in [7, 11) is 0. The van der Waals surface area contributed by atoms with Gasteiger partial charge in [0, 0.05) is 17.3 Å². The van der Waals surface area contributed by atoms with E-state index in [1.807, 2.05) is 6.92 Å². The molecule has 0 aromatic heterocycles. The van der Waals surface area contributed by atoms with Crippen LogP contribution in [-0.4, -0.2) is 57.9 Å². The topological polar surface area (TPSA) is 99.5 Å². The van der Waals surface area contributed by atoms with Crippen LogP contribution < -0.4 is 0 Å². The molecule has 6 fully saturated rings. The van der Waals surface area contributed by atoms with Crippen LogP contribution in [0.2, 0.25) is 0 Å².